The van der Waals surface area contributed by atoms with Crippen LogP contribution < -0.4 is 9.47 Å². The van der Waals surface area contributed by atoms with Crippen molar-refractivity contribution in [3.05, 3.63) is 95.1 Å². The van der Waals surface area contributed by atoms with Crippen molar-refractivity contribution in [2.24, 2.45) is 0 Å². The molecule has 0 bridgehead atoms. The number of hydrogen-bond acceptors (Lipinski definition) is 4. The standard InChI is InChI=1S/C22H16O4/c23-19(15-7-3-1-4-8-15)11-17-12-20-21(26-14-25-20)13-18(17)22(24)16-9-5-2-6-10-16/h1-10,12-13H,11,14H2. The molecule has 1 aliphatic rings. The van der Waals surface area contributed by atoms with Crippen molar-refractivity contribution in [1.82, 2.24) is 0 Å². The van der Waals surface area contributed by atoms with E-state index in [4.69, 9.17) is 9.47 Å². The molecule has 1 heterocycles. The summed E-state index contributed by atoms with van der Waals surface area (Å²) in [6.45, 7) is 0.115. The van der Waals surface area contributed by atoms with Gasteiger partial charge in [-0.05, 0) is 17.7 Å². The van der Waals surface area contributed by atoms with E-state index in [1.54, 1.807) is 36.4 Å². The zero-order valence-corrected chi connectivity index (χ0v) is 14.0. The van der Waals surface area contributed by atoms with Crippen molar-refractivity contribution >= 4 is 11.6 Å². The van der Waals surface area contributed by atoms with E-state index in [1.165, 1.54) is 0 Å². The Balaban J connectivity index is 1.73. The zero-order chi connectivity index (χ0) is 17.9. The fourth-order valence-electron chi connectivity index (χ4n) is 2.99. The molecular weight excluding hydrogens is 328 g/mol. The van der Waals surface area contributed by atoms with E-state index < -0.39 is 0 Å². The Bertz CT molecular complexity index is 962. The summed E-state index contributed by atoms with van der Waals surface area (Å²) in [6.07, 6.45) is 0.120. The number of carbonyl (C=O) groups is 2. The van der Waals surface area contributed by atoms with E-state index in [2.05, 4.69) is 0 Å². The lowest BCUT2D eigenvalue weighted by Gasteiger charge is -2.10. The smallest absolute Gasteiger partial charge is 0.231 e. The third-order valence-electron chi connectivity index (χ3n) is 4.33. The van der Waals surface area contributed by atoms with Crippen molar-refractivity contribution in [1.29, 1.82) is 0 Å². The van der Waals surface area contributed by atoms with Crippen molar-refractivity contribution in [3.63, 3.8) is 0 Å². The van der Waals surface area contributed by atoms with Gasteiger partial charge in [-0.25, -0.2) is 0 Å². The molecule has 0 radical (unpaired) electrons. The first-order valence-electron chi connectivity index (χ1n) is 8.33. The van der Waals surface area contributed by atoms with E-state index in [1.807, 2.05) is 36.4 Å². The van der Waals surface area contributed by atoms with Crippen molar-refractivity contribution in [3.8, 4) is 11.5 Å². The zero-order valence-electron chi connectivity index (χ0n) is 14.0. The first kappa shape index (κ1) is 16.1. The van der Waals surface area contributed by atoms with E-state index in [0.717, 1.165) is 0 Å². The summed E-state index contributed by atoms with van der Waals surface area (Å²) in [5.74, 6) is 0.900. The Morgan fingerprint density at radius 1 is 0.769 bits per heavy atom. The lowest BCUT2D eigenvalue weighted by atomic mass is 9.93. The average molecular weight is 344 g/mol. The molecule has 0 atom stereocenters. The number of Topliss-reactive ketones (excluding diaryl/α,β-unsaturated/α-hetero) is 1. The molecule has 0 fully saturated rings. The molecule has 3 aromatic rings. The highest BCUT2D eigenvalue weighted by Crippen LogP contribution is 2.36. The fraction of sp³-hybridized carbons (Fsp3) is 0.0909. The Morgan fingerprint density at radius 2 is 1.35 bits per heavy atom. The second kappa shape index (κ2) is 6.84. The van der Waals surface area contributed by atoms with E-state index in [-0.39, 0.29) is 24.8 Å². The summed E-state index contributed by atoms with van der Waals surface area (Å²) in [5, 5.41) is 0. The summed E-state index contributed by atoms with van der Waals surface area (Å²) in [5.41, 5.74) is 2.28. The summed E-state index contributed by atoms with van der Waals surface area (Å²) >= 11 is 0. The molecule has 3 aromatic carbocycles. The Kier molecular flexibility index (Phi) is 4.23. The highest BCUT2D eigenvalue weighted by Gasteiger charge is 2.23. The molecule has 0 aliphatic carbocycles. The quantitative estimate of drug-likeness (QED) is 0.655. The number of ketones is 2. The van der Waals surface area contributed by atoms with Crippen LogP contribution >= 0.6 is 0 Å². The predicted octanol–water partition coefficient (Wildman–Crippen LogP) is 4.07. The minimum absolute atomic E-state index is 0.0495. The second-order valence-electron chi connectivity index (χ2n) is 6.02. The van der Waals surface area contributed by atoms with Crippen LogP contribution in [0.1, 0.15) is 31.8 Å². The van der Waals surface area contributed by atoms with Crippen LogP contribution in [0.25, 0.3) is 0 Å². The van der Waals surface area contributed by atoms with Crippen molar-refractivity contribution < 1.29 is 19.1 Å². The van der Waals surface area contributed by atoms with Crippen LogP contribution in [0.15, 0.2) is 72.8 Å². The Morgan fingerprint density at radius 3 is 2.00 bits per heavy atom. The Labute approximate surface area is 151 Å². The normalized spacial score (nSPS) is 12.0. The number of ether oxygens (including phenoxy) is 2. The SMILES string of the molecule is O=C(Cc1cc2c(cc1C(=O)c1ccccc1)OCO2)c1ccccc1. The first-order valence-corrected chi connectivity index (χ1v) is 8.33. The largest absolute Gasteiger partial charge is 0.454 e. The van der Waals surface area contributed by atoms with Gasteiger partial charge in [0.2, 0.25) is 6.79 Å². The molecule has 1 aliphatic heterocycles. The van der Waals surface area contributed by atoms with Gasteiger partial charge in [0, 0.05) is 23.1 Å². The van der Waals surface area contributed by atoms with Crippen LogP contribution in [0.4, 0.5) is 0 Å². The van der Waals surface area contributed by atoms with Crippen LogP contribution in [0, 0.1) is 0 Å². The molecule has 4 rings (SSSR count). The van der Waals surface area contributed by atoms with Gasteiger partial charge in [-0.2, -0.15) is 0 Å². The fourth-order valence-corrected chi connectivity index (χ4v) is 2.99. The summed E-state index contributed by atoms with van der Waals surface area (Å²) in [4.78, 5) is 25.6. The lowest BCUT2D eigenvalue weighted by Crippen LogP contribution is -2.10. The van der Waals surface area contributed by atoms with Gasteiger partial charge < -0.3 is 9.47 Å². The maximum absolute atomic E-state index is 13.0. The molecule has 0 saturated heterocycles. The van der Waals surface area contributed by atoms with Gasteiger partial charge >= 0.3 is 0 Å². The van der Waals surface area contributed by atoms with Crippen LogP contribution in [0.5, 0.6) is 11.5 Å². The van der Waals surface area contributed by atoms with Gasteiger partial charge in [-0.3, -0.25) is 9.59 Å². The molecular formula is C22H16O4. The number of hydrogen-bond donors (Lipinski definition) is 0. The monoisotopic (exact) mass is 344 g/mol. The molecule has 0 spiro atoms. The maximum Gasteiger partial charge on any atom is 0.231 e. The third kappa shape index (κ3) is 3.09. The van der Waals surface area contributed by atoms with Crippen LogP contribution in [-0.2, 0) is 6.42 Å². The Hall–Kier alpha value is -3.40. The molecule has 4 nitrogen and oxygen atoms in total. The highest BCUT2D eigenvalue weighted by molar-refractivity contribution is 6.11. The van der Waals surface area contributed by atoms with Gasteiger partial charge in [0.15, 0.2) is 23.1 Å². The summed E-state index contributed by atoms with van der Waals surface area (Å²) < 4.78 is 10.8. The minimum Gasteiger partial charge on any atom is -0.454 e. The first-order chi connectivity index (χ1) is 12.7. The second-order valence-corrected chi connectivity index (χ2v) is 6.02. The van der Waals surface area contributed by atoms with Crippen molar-refractivity contribution in [2.75, 3.05) is 6.79 Å². The van der Waals surface area contributed by atoms with E-state index >= 15 is 0 Å². The molecule has 26 heavy (non-hydrogen) atoms. The molecule has 4 heteroatoms. The van der Waals surface area contributed by atoms with Gasteiger partial charge in [0.05, 0.1) is 0 Å². The van der Waals surface area contributed by atoms with Crippen molar-refractivity contribution in [2.45, 2.75) is 6.42 Å². The number of rotatable bonds is 5. The predicted molar refractivity (Wildman–Crippen MR) is 96.9 cm³/mol. The van der Waals surface area contributed by atoms with Gasteiger partial charge in [0.25, 0.3) is 0 Å². The van der Waals surface area contributed by atoms with Crippen LogP contribution in [0.2, 0.25) is 0 Å². The summed E-state index contributed by atoms with van der Waals surface area (Å²) in [7, 11) is 0. The topological polar surface area (TPSA) is 52.6 Å². The number of carbonyl (C=O) groups excluding carboxylic acids is 2. The van der Waals surface area contributed by atoms with Gasteiger partial charge in [-0.1, -0.05) is 60.7 Å². The molecule has 0 amide bonds. The summed E-state index contributed by atoms with van der Waals surface area (Å²) in [6, 6.07) is 21.5. The van der Waals surface area contributed by atoms with Crippen LogP contribution in [-0.4, -0.2) is 18.4 Å². The molecule has 0 aromatic heterocycles. The maximum atomic E-state index is 13.0. The van der Waals surface area contributed by atoms with Gasteiger partial charge in [0.1, 0.15) is 0 Å². The number of fused-ring (bicyclic) bond motifs is 1. The molecule has 128 valence electrons. The van der Waals surface area contributed by atoms with Gasteiger partial charge in [-0.15, -0.1) is 0 Å². The lowest BCUT2D eigenvalue weighted by molar-refractivity contribution is 0.0992. The third-order valence-corrected chi connectivity index (χ3v) is 4.33. The number of benzene rings is 3. The molecule has 0 unspecified atom stereocenters. The minimum atomic E-state index is -0.139. The molecule has 0 saturated carbocycles. The van der Waals surface area contributed by atoms with Crippen LogP contribution in [0.3, 0.4) is 0 Å². The van der Waals surface area contributed by atoms with E-state index in [9.17, 15) is 9.59 Å². The molecule has 0 N–H and O–H groups in total. The highest BCUT2D eigenvalue weighted by atomic mass is 16.7. The average Bonchev–Trinajstić information content (AvgIpc) is 3.15. The van der Waals surface area contributed by atoms with E-state index in [0.29, 0.717) is 33.8 Å².